The lowest BCUT2D eigenvalue weighted by molar-refractivity contribution is 0.184. The molecular formula is C21H25ClN2O. The van der Waals surface area contributed by atoms with E-state index >= 15 is 0 Å². The molecule has 1 N–H and O–H groups in total. The van der Waals surface area contributed by atoms with Crippen LogP contribution >= 0.6 is 11.6 Å². The van der Waals surface area contributed by atoms with Crippen LogP contribution in [0.1, 0.15) is 43.7 Å². The minimum Gasteiger partial charge on any atom is -0.317 e. The van der Waals surface area contributed by atoms with Gasteiger partial charge in [-0.05, 0) is 48.6 Å². The second kappa shape index (κ2) is 8.39. The highest BCUT2D eigenvalue weighted by molar-refractivity contribution is 6.31. The van der Waals surface area contributed by atoms with Crippen molar-refractivity contribution in [1.29, 1.82) is 0 Å². The van der Waals surface area contributed by atoms with Crippen LogP contribution in [-0.2, 0) is 13.0 Å². The Kier molecular flexibility index (Phi) is 5.98. The van der Waals surface area contributed by atoms with Gasteiger partial charge in [0, 0.05) is 23.3 Å². The molecule has 25 heavy (non-hydrogen) atoms. The lowest BCUT2D eigenvalue weighted by Gasteiger charge is -2.29. The van der Waals surface area contributed by atoms with E-state index in [0.717, 1.165) is 30.5 Å². The van der Waals surface area contributed by atoms with Gasteiger partial charge in [-0.3, -0.25) is 0 Å². The Hall–Kier alpha value is -2.00. The van der Waals surface area contributed by atoms with Crippen LogP contribution in [-0.4, -0.2) is 17.0 Å². The number of benzene rings is 2. The van der Waals surface area contributed by atoms with Gasteiger partial charge < -0.3 is 10.2 Å². The van der Waals surface area contributed by atoms with E-state index in [4.69, 9.17) is 11.6 Å². The normalized spacial score (nSPS) is 14.5. The van der Waals surface area contributed by atoms with Gasteiger partial charge >= 0.3 is 6.03 Å². The largest absolute Gasteiger partial charge is 0.322 e. The van der Waals surface area contributed by atoms with E-state index in [9.17, 15) is 4.79 Å². The minimum absolute atomic E-state index is 0.0453. The average molecular weight is 357 g/mol. The predicted octanol–water partition coefficient (Wildman–Crippen LogP) is 5.88. The van der Waals surface area contributed by atoms with Crippen molar-refractivity contribution < 1.29 is 4.79 Å². The molecule has 0 spiro atoms. The van der Waals surface area contributed by atoms with Crippen LogP contribution in [0.2, 0.25) is 5.02 Å². The summed E-state index contributed by atoms with van der Waals surface area (Å²) >= 11 is 6.31. The molecule has 0 saturated heterocycles. The van der Waals surface area contributed by atoms with Gasteiger partial charge in [-0.15, -0.1) is 0 Å². The maximum absolute atomic E-state index is 12.9. The molecule has 0 heterocycles. The molecule has 2 amide bonds. The molecule has 0 atom stereocenters. The van der Waals surface area contributed by atoms with Gasteiger partial charge in [0.2, 0.25) is 0 Å². The highest BCUT2D eigenvalue weighted by Gasteiger charge is 2.27. The van der Waals surface area contributed by atoms with E-state index in [2.05, 4.69) is 24.4 Å². The molecule has 3 rings (SSSR count). The summed E-state index contributed by atoms with van der Waals surface area (Å²) in [6.45, 7) is 2.67. The first-order valence-electron chi connectivity index (χ1n) is 9.07. The Balaban J connectivity index is 1.75. The summed E-state index contributed by atoms with van der Waals surface area (Å²) in [5, 5.41) is 3.77. The highest BCUT2D eigenvalue weighted by Crippen LogP contribution is 2.27. The molecule has 2 aromatic carbocycles. The van der Waals surface area contributed by atoms with Crippen molar-refractivity contribution >= 4 is 23.3 Å². The number of hydrogen-bond acceptors (Lipinski definition) is 1. The minimum atomic E-state index is -0.0453. The number of rotatable bonds is 5. The number of carbonyl (C=O) groups excluding carboxylic acids is 1. The molecule has 0 aliphatic heterocycles. The van der Waals surface area contributed by atoms with Crippen molar-refractivity contribution in [3.8, 4) is 0 Å². The third kappa shape index (κ3) is 4.55. The smallest absolute Gasteiger partial charge is 0.317 e. The zero-order chi connectivity index (χ0) is 17.6. The first-order chi connectivity index (χ1) is 12.2. The van der Waals surface area contributed by atoms with Crippen molar-refractivity contribution in [2.24, 2.45) is 0 Å². The number of amides is 2. The van der Waals surface area contributed by atoms with Gasteiger partial charge in [-0.1, -0.05) is 61.7 Å². The second-order valence-electron chi connectivity index (χ2n) is 6.64. The van der Waals surface area contributed by atoms with Gasteiger partial charge in [0.1, 0.15) is 0 Å². The van der Waals surface area contributed by atoms with Crippen LogP contribution in [0.3, 0.4) is 0 Å². The molecule has 0 aromatic heterocycles. The summed E-state index contributed by atoms with van der Waals surface area (Å²) < 4.78 is 0. The van der Waals surface area contributed by atoms with Crippen molar-refractivity contribution in [3.63, 3.8) is 0 Å². The first kappa shape index (κ1) is 17.8. The summed E-state index contributed by atoms with van der Waals surface area (Å²) in [7, 11) is 0. The van der Waals surface area contributed by atoms with Gasteiger partial charge in [0.25, 0.3) is 0 Å². The first-order valence-corrected chi connectivity index (χ1v) is 9.45. The number of nitrogens with zero attached hydrogens (tertiary/aromatic N) is 1. The highest BCUT2D eigenvalue weighted by atomic mass is 35.5. The van der Waals surface area contributed by atoms with Crippen molar-refractivity contribution in [3.05, 3.63) is 64.7 Å². The van der Waals surface area contributed by atoms with Crippen molar-refractivity contribution in [2.75, 3.05) is 5.32 Å². The molecule has 1 fully saturated rings. The summed E-state index contributed by atoms with van der Waals surface area (Å²) in [5.74, 6) is 0. The Morgan fingerprint density at radius 1 is 1.12 bits per heavy atom. The Morgan fingerprint density at radius 2 is 1.80 bits per heavy atom. The fourth-order valence-corrected chi connectivity index (χ4v) is 3.61. The molecule has 132 valence electrons. The molecule has 1 aliphatic rings. The third-order valence-corrected chi connectivity index (χ3v) is 5.31. The summed E-state index contributed by atoms with van der Waals surface area (Å²) in [4.78, 5) is 14.9. The van der Waals surface area contributed by atoms with E-state index in [1.54, 1.807) is 0 Å². The van der Waals surface area contributed by atoms with E-state index < -0.39 is 0 Å². The maximum atomic E-state index is 12.9. The van der Waals surface area contributed by atoms with Crippen molar-refractivity contribution in [2.45, 2.75) is 51.6 Å². The summed E-state index contributed by atoms with van der Waals surface area (Å²) in [5.41, 5.74) is 3.10. The fraction of sp³-hybridized carbons (Fsp3) is 0.381. The van der Waals surface area contributed by atoms with E-state index in [-0.39, 0.29) is 12.1 Å². The molecule has 4 heteroatoms. The molecule has 0 bridgehead atoms. The summed E-state index contributed by atoms with van der Waals surface area (Å²) in [6.07, 6.45) is 5.48. The van der Waals surface area contributed by atoms with Gasteiger partial charge in [0.05, 0.1) is 0 Å². The Morgan fingerprint density at radius 3 is 2.44 bits per heavy atom. The lowest BCUT2D eigenvalue weighted by atomic mass is 10.1. The number of nitrogens with one attached hydrogen (secondary N) is 1. The molecule has 0 unspecified atom stereocenters. The standard InChI is InChI=1S/C21H25ClN2O/c1-2-16-11-13-18(14-12-16)23-21(25)24(19-8-4-5-9-19)15-17-7-3-6-10-20(17)22/h3,6-7,10-14,19H,2,4-5,8-9,15H2,1H3,(H,23,25). The van der Waals surface area contributed by atoms with Crippen LogP contribution in [0.4, 0.5) is 10.5 Å². The third-order valence-electron chi connectivity index (χ3n) is 4.94. The van der Waals surface area contributed by atoms with Crippen LogP contribution in [0, 0.1) is 0 Å². The van der Waals surface area contributed by atoms with Gasteiger partial charge in [-0.25, -0.2) is 4.79 Å². The Labute approximate surface area is 155 Å². The monoisotopic (exact) mass is 356 g/mol. The zero-order valence-electron chi connectivity index (χ0n) is 14.7. The molecule has 1 saturated carbocycles. The van der Waals surface area contributed by atoms with Crippen LogP contribution in [0.5, 0.6) is 0 Å². The fourth-order valence-electron chi connectivity index (χ4n) is 3.41. The van der Waals surface area contributed by atoms with E-state index in [0.29, 0.717) is 11.6 Å². The van der Waals surface area contributed by atoms with Gasteiger partial charge in [-0.2, -0.15) is 0 Å². The van der Waals surface area contributed by atoms with Crippen LogP contribution in [0.15, 0.2) is 48.5 Å². The van der Waals surface area contributed by atoms with Gasteiger partial charge in [0.15, 0.2) is 0 Å². The SMILES string of the molecule is CCc1ccc(NC(=O)N(Cc2ccccc2Cl)C2CCCC2)cc1. The number of hydrogen-bond donors (Lipinski definition) is 1. The van der Waals surface area contributed by atoms with Crippen LogP contribution < -0.4 is 5.32 Å². The summed E-state index contributed by atoms with van der Waals surface area (Å²) in [6, 6.07) is 16.1. The molecular weight excluding hydrogens is 332 g/mol. The van der Waals surface area contributed by atoms with Crippen molar-refractivity contribution in [1.82, 2.24) is 4.90 Å². The maximum Gasteiger partial charge on any atom is 0.322 e. The molecule has 1 aliphatic carbocycles. The van der Waals surface area contributed by atoms with Crippen LogP contribution in [0.25, 0.3) is 0 Å². The quantitative estimate of drug-likeness (QED) is 0.712. The number of urea groups is 1. The number of carbonyl (C=O) groups is 1. The van der Waals surface area contributed by atoms with E-state index in [1.807, 2.05) is 41.3 Å². The average Bonchev–Trinajstić information content (AvgIpc) is 3.16. The van der Waals surface area contributed by atoms with E-state index in [1.165, 1.54) is 18.4 Å². The number of aryl methyl sites for hydroxylation is 1. The molecule has 0 radical (unpaired) electrons. The molecule has 3 nitrogen and oxygen atoms in total. The number of anilines is 1. The molecule has 2 aromatic rings. The zero-order valence-corrected chi connectivity index (χ0v) is 15.4. The topological polar surface area (TPSA) is 32.3 Å². The Bertz CT molecular complexity index is 708. The lowest BCUT2D eigenvalue weighted by Crippen LogP contribution is -2.41. The number of halogens is 1. The predicted molar refractivity (Wildman–Crippen MR) is 104 cm³/mol. The second-order valence-corrected chi connectivity index (χ2v) is 7.05.